The van der Waals surface area contributed by atoms with Gasteiger partial charge in [0.05, 0.1) is 24.6 Å². The molecule has 4 aliphatic heterocycles. The number of amides is 3. The average Bonchev–Trinajstić information content (AvgIpc) is 3.69. The number of halogens is 1. The lowest BCUT2D eigenvalue weighted by molar-refractivity contribution is -0.164. The van der Waals surface area contributed by atoms with Crippen LogP contribution >= 0.6 is 15.9 Å². The number of carbonyl (C=O) groups excluding carboxylic acids is 4. The van der Waals surface area contributed by atoms with E-state index in [9.17, 15) is 24.3 Å². The van der Waals surface area contributed by atoms with E-state index in [2.05, 4.69) is 15.9 Å². The number of nitrogens with zero attached hydrogens (tertiary/aromatic N) is 3. The number of likely N-dealkylation sites (tertiary alicyclic amines) is 1. The molecule has 0 radical (unpaired) electrons. The van der Waals surface area contributed by atoms with Crippen LogP contribution in [0.25, 0.3) is 0 Å². The third kappa shape index (κ3) is 5.90. The number of aliphatic hydroxyl groups is 1. The normalized spacial score (nSPS) is 32.3. The van der Waals surface area contributed by atoms with E-state index >= 15 is 0 Å². The number of hydrogen-bond acceptors (Lipinski definition) is 7. The number of cyclic esters (lactones) is 1. The van der Waals surface area contributed by atoms with Gasteiger partial charge in [0.2, 0.25) is 17.7 Å². The molecule has 1 spiro atoms. The van der Waals surface area contributed by atoms with Gasteiger partial charge in [0.25, 0.3) is 0 Å². The summed E-state index contributed by atoms with van der Waals surface area (Å²) in [7, 11) is 1.70. The van der Waals surface area contributed by atoms with Crippen LogP contribution in [0.4, 0.5) is 0 Å². The maximum absolute atomic E-state index is 14.9. The summed E-state index contributed by atoms with van der Waals surface area (Å²) >= 11 is 3.61. The molecule has 2 saturated heterocycles. The van der Waals surface area contributed by atoms with E-state index in [4.69, 9.17) is 9.47 Å². The number of esters is 1. The first-order valence-corrected chi connectivity index (χ1v) is 17.4. The lowest BCUT2D eigenvalue weighted by atomic mass is 9.74. The van der Waals surface area contributed by atoms with Gasteiger partial charge in [-0.25, -0.2) is 0 Å². The van der Waals surface area contributed by atoms with Gasteiger partial charge in [0.15, 0.2) is 0 Å². The number of carbonyl (C=O) groups is 4. The zero-order valence-electron chi connectivity index (χ0n) is 27.4. The number of benzene rings is 2. The van der Waals surface area contributed by atoms with Gasteiger partial charge in [0.1, 0.15) is 29.8 Å². The van der Waals surface area contributed by atoms with Gasteiger partial charge in [-0.05, 0) is 37.0 Å². The van der Waals surface area contributed by atoms with Crippen molar-refractivity contribution < 1.29 is 33.8 Å². The Bertz CT molecular complexity index is 1600. The molecular formula is C37H42BrN3O7. The maximum Gasteiger partial charge on any atom is 0.313 e. The Morgan fingerprint density at radius 1 is 0.979 bits per heavy atom. The Labute approximate surface area is 289 Å². The first kappa shape index (κ1) is 34.1. The summed E-state index contributed by atoms with van der Waals surface area (Å²) < 4.78 is 13.5. The third-order valence-corrected chi connectivity index (χ3v) is 11.0. The SMILES string of the molecule is CC[C@@H](CO)N1C(=O)[C@H]2[C@@H]3C(=O)O[C@H](c4ccccc4)[C@@H](C)N(C)C(=O)CC/C=C\CN(Cc4ccccc4)C(=O)[C@H]1[C@@]21C=C(Br)[C@@H]3O1. The van der Waals surface area contributed by atoms with Gasteiger partial charge < -0.3 is 29.3 Å². The van der Waals surface area contributed by atoms with Gasteiger partial charge in [-0.15, -0.1) is 0 Å². The van der Waals surface area contributed by atoms with Crippen molar-refractivity contribution in [2.45, 2.75) is 75.6 Å². The molecule has 1 N–H and O–H groups in total. The monoisotopic (exact) mass is 719 g/mol. The quantitative estimate of drug-likeness (QED) is 0.353. The molecule has 8 atom stereocenters. The summed E-state index contributed by atoms with van der Waals surface area (Å²) in [5.74, 6) is -3.66. The fraction of sp³-hybridized carbons (Fsp3) is 0.459. The molecule has 254 valence electrons. The van der Waals surface area contributed by atoms with Gasteiger partial charge in [-0.3, -0.25) is 19.2 Å². The van der Waals surface area contributed by atoms with Crippen LogP contribution < -0.4 is 0 Å². The maximum atomic E-state index is 14.9. The summed E-state index contributed by atoms with van der Waals surface area (Å²) in [5.41, 5.74) is 0.147. The van der Waals surface area contributed by atoms with E-state index in [1.165, 1.54) is 4.90 Å². The highest BCUT2D eigenvalue weighted by Crippen LogP contribution is 2.59. The molecule has 2 aromatic carbocycles. The molecule has 11 heteroatoms. The number of ether oxygens (including phenoxy) is 2. The van der Waals surface area contributed by atoms with E-state index < -0.39 is 59.6 Å². The van der Waals surface area contributed by atoms with Crippen molar-refractivity contribution in [1.82, 2.24) is 14.7 Å². The summed E-state index contributed by atoms with van der Waals surface area (Å²) in [6.45, 7) is 3.82. The van der Waals surface area contributed by atoms with Gasteiger partial charge in [-0.2, -0.15) is 0 Å². The molecule has 10 nitrogen and oxygen atoms in total. The molecule has 4 heterocycles. The number of hydrogen-bond donors (Lipinski definition) is 1. The molecule has 4 aliphatic rings. The second kappa shape index (κ2) is 14.0. The number of rotatable bonds is 6. The molecule has 0 aromatic heterocycles. The van der Waals surface area contributed by atoms with Crippen LogP contribution in [-0.4, -0.2) is 93.5 Å². The Kier molecular flexibility index (Phi) is 9.92. The Morgan fingerprint density at radius 2 is 1.67 bits per heavy atom. The summed E-state index contributed by atoms with van der Waals surface area (Å²) in [5, 5.41) is 10.5. The standard InChI is InChI=1S/C37H42BrN3O7/c1-4-26(22-42)41-33-35(45)40(21-24-14-8-5-9-15-24)19-13-7-12-18-28(43)39(3)23(2)31(25-16-10-6-11-17-25)47-36(46)29-30(34(41)44)37(33)20-27(38)32(29)48-37/h5-11,13-17,20,23,26,29-33,42H,4,12,18-19,21-22H2,1-3H3/b13-7-/t23-,26+,29+,30-,31+,32+,33+,37-/m1/s1. The topological polar surface area (TPSA) is 117 Å². The number of likely N-dealkylation sites (N-methyl/N-ethyl adjacent to an activating group) is 1. The van der Waals surface area contributed by atoms with Crippen LogP contribution in [0, 0.1) is 11.8 Å². The second-order valence-electron chi connectivity index (χ2n) is 13.0. The molecule has 48 heavy (non-hydrogen) atoms. The molecule has 0 aliphatic carbocycles. The lowest BCUT2D eigenvalue weighted by Crippen LogP contribution is -2.58. The minimum Gasteiger partial charge on any atom is -0.455 e. The zero-order valence-corrected chi connectivity index (χ0v) is 29.0. The van der Waals surface area contributed by atoms with E-state index in [1.807, 2.05) is 86.7 Å². The summed E-state index contributed by atoms with van der Waals surface area (Å²) in [6.07, 6.45) is 4.94. The number of allylic oxidation sites excluding steroid dienone is 1. The van der Waals surface area contributed by atoms with E-state index in [0.717, 1.165) is 5.56 Å². The molecule has 5 bridgehead atoms. The molecule has 0 saturated carbocycles. The van der Waals surface area contributed by atoms with E-state index in [1.54, 1.807) is 22.9 Å². The highest BCUT2D eigenvalue weighted by Gasteiger charge is 2.75. The van der Waals surface area contributed by atoms with E-state index in [0.29, 0.717) is 22.9 Å². The van der Waals surface area contributed by atoms with E-state index in [-0.39, 0.29) is 37.9 Å². The third-order valence-electron chi connectivity index (χ3n) is 10.3. The van der Waals surface area contributed by atoms with Crippen LogP contribution in [0.5, 0.6) is 0 Å². The Morgan fingerprint density at radius 3 is 2.33 bits per heavy atom. The van der Waals surface area contributed by atoms with Gasteiger partial charge in [0, 0.05) is 31.0 Å². The molecular weight excluding hydrogens is 678 g/mol. The first-order valence-electron chi connectivity index (χ1n) is 16.6. The molecule has 6 rings (SSSR count). The average molecular weight is 721 g/mol. The lowest BCUT2D eigenvalue weighted by Gasteiger charge is -2.38. The van der Waals surface area contributed by atoms with Crippen molar-refractivity contribution >= 4 is 39.6 Å². The number of fused-ring (bicyclic) bond motifs is 2. The minimum atomic E-state index is -1.46. The summed E-state index contributed by atoms with van der Waals surface area (Å²) in [4.78, 5) is 62.0. The Balaban J connectivity index is 1.47. The minimum absolute atomic E-state index is 0.113. The van der Waals surface area contributed by atoms with Crippen LogP contribution in [-0.2, 0) is 35.2 Å². The van der Waals surface area contributed by atoms with Crippen molar-refractivity contribution in [3.8, 4) is 0 Å². The Hall–Kier alpha value is -3.80. The summed E-state index contributed by atoms with van der Waals surface area (Å²) in [6, 6.07) is 16.5. The van der Waals surface area contributed by atoms with Crippen LogP contribution in [0.15, 0.2) is 83.4 Å². The van der Waals surface area contributed by atoms with Crippen molar-refractivity contribution in [2.75, 3.05) is 20.2 Å². The fourth-order valence-corrected chi connectivity index (χ4v) is 8.38. The van der Waals surface area contributed by atoms with Crippen molar-refractivity contribution in [1.29, 1.82) is 0 Å². The molecule has 0 unspecified atom stereocenters. The smallest absolute Gasteiger partial charge is 0.313 e. The predicted octanol–water partition coefficient (Wildman–Crippen LogP) is 4.14. The predicted molar refractivity (Wildman–Crippen MR) is 181 cm³/mol. The van der Waals surface area contributed by atoms with Gasteiger partial charge in [-0.1, -0.05) is 95.7 Å². The zero-order chi connectivity index (χ0) is 34.2. The van der Waals surface area contributed by atoms with Crippen molar-refractivity contribution in [3.63, 3.8) is 0 Å². The number of aliphatic hydroxyl groups excluding tert-OH is 1. The van der Waals surface area contributed by atoms with Crippen LogP contribution in [0.3, 0.4) is 0 Å². The molecule has 2 aromatic rings. The van der Waals surface area contributed by atoms with Crippen molar-refractivity contribution in [3.05, 3.63) is 94.5 Å². The highest BCUT2D eigenvalue weighted by atomic mass is 79.9. The van der Waals surface area contributed by atoms with Crippen LogP contribution in [0.2, 0.25) is 0 Å². The van der Waals surface area contributed by atoms with Gasteiger partial charge >= 0.3 is 5.97 Å². The second-order valence-corrected chi connectivity index (χ2v) is 14.0. The largest absolute Gasteiger partial charge is 0.455 e. The molecule has 3 amide bonds. The van der Waals surface area contributed by atoms with Crippen molar-refractivity contribution in [2.24, 2.45) is 11.8 Å². The first-order chi connectivity index (χ1) is 23.1. The molecule has 2 fully saturated rings. The van der Waals surface area contributed by atoms with Crippen LogP contribution in [0.1, 0.15) is 50.3 Å². The fourth-order valence-electron chi connectivity index (χ4n) is 7.65. The highest BCUT2D eigenvalue weighted by molar-refractivity contribution is 9.11.